The summed E-state index contributed by atoms with van der Waals surface area (Å²) < 4.78 is 0. The van der Waals surface area contributed by atoms with Gasteiger partial charge in [-0.25, -0.2) is 0 Å². The van der Waals surface area contributed by atoms with Crippen LogP contribution >= 0.6 is 12.2 Å². The Labute approximate surface area is 107 Å². The van der Waals surface area contributed by atoms with Crippen LogP contribution < -0.4 is 5.73 Å². The van der Waals surface area contributed by atoms with Gasteiger partial charge in [-0.2, -0.15) is 0 Å². The fraction of sp³-hybridized carbons (Fsp3) is 0.385. The van der Waals surface area contributed by atoms with Crippen LogP contribution in [0.2, 0.25) is 0 Å². The Hall–Kier alpha value is -1.42. The average molecular weight is 248 g/mol. The molecule has 1 aliphatic rings. The van der Waals surface area contributed by atoms with Crippen molar-refractivity contribution >= 4 is 23.1 Å². The first-order valence-electron chi connectivity index (χ1n) is 5.76. The lowest BCUT2D eigenvalue weighted by Gasteiger charge is -2.34. The average Bonchev–Trinajstić information content (AvgIpc) is 2.25. The third kappa shape index (κ3) is 2.47. The van der Waals surface area contributed by atoms with Crippen LogP contribution in [0.4, 0.5) is 0 Å². The fourth-order valence-corrected chi connectivity index (χ4v) is 2.06. The molecular formula is C13H16N2OS. The molecule has 0 atom stereocenters. The summed E-state index contributed by atoms with van der Waals surface area (Å²) in [6.07, 6.45) is 3.46. The van der Waals surface area contributed by atoms with E-state index in [0.717, 1.165) is 18.4 Å². The predicted octanol–water partition coefficient (Wildman–Crippen LogP) is 1.95. The summed E-state index contributed by atoms with van der Waals surface area (Å²) in [5, 5.41) is 0. The minimum absolute atomic E-state index is 0.0733. The van der Waals surface area contributed by atoms with Crippen LogP contribution in [-0.2, 0) is 0 Å². The number of amides is 1. The van der Waals surface area contributed by atoms with Crippen LogP contribution in [0.1, 0.15) is 35.2 Å². The molecule has 1 aromatic rings. The highest BCUT2D eigenvalue weighted by Gasteiger charge is 2.26. The van der Waals surface area contributed by atoms with Gasteiger partial charge in [0.1, 0.15) is 4.99 Å². The van der Waals surface area contributed by atoms with Crippen molar-refractivity contribution in [2.24, 2.45) is 5.73 Å². The van der Waals surface area contributed by atoms with Gasteiger partial charge < -0.3 is 10.6 Å². The highest BCUT2D eigenvalue weighted by molar-refractivity contribution is 7.80. The van der Waals surface area contributed by atoms with Crippen molar-refractivity contribution in [3.05, 3.63) is 35.4 Å². The van der Waals surface area contributed by atoms with Crippen LogP contribution in [0.25, 0.3) is 0 Å². The van der Waals surface area contributed by atoms with Crippen LogP contribution in [0.5, 0.6) is 0 Å². The predicted molar refractivity (Wildman–Crippen MR) is 72.1 cm³/mol. The van der Waals surface area contributed by atoms with Crippen molar-refractivity contribution in [3.8, 4) is 0 Å². The van der Waals surface area contributed by atoms with Gasteiger partial charge >= 0.3 is 0 Å². The van der Waals surface area contributed by atoms with E-state index in [4.69, 9.17) is 18.0 Å². The lowest BCUT2D eigenvalue weighted by molar-refractivity contribution is 0.0652. The molecule has 17 heavy (non-hydrogen) atoms. The van der Waals surface area contributed by atoms with Gasteiger partial charge in [-0.05, 0) is 31.4 Å². The molecule has 0 bridgehead atoms. The number of carbonyl (C=O) groups is 1. The van der Waals surface area contributed by atoms with Crippen molar-refractivity contribution in [3.63, 3.8) is 0 Å². The van der Waals surface area contributed by atoms with Gasteiger partial charge in [0.25, 0.3) is 5.91 Å². The number of hydrogen-bond acceptors (Lipinski definition) is 2. The maximum atomic E-state index is 12.1. The molecule has 1 fully saturated rings. The summed E-state index contributed by atoms with van der Waals surface area (Å²) >= 11 is 4.87. The lowest BCUT2D eigenvalue weighted by atomic mass is 9.91. The minimum Gasteiger partial charge on any atom is -0.389 e. The van der Waals surface area contributed by atoms with Crippen LogP contribution in [0, 0.1) is 0 Å². The molecule has 0 aliphatic heterocycles. The Morgan fingerprint density at radius 2 is 1.82 bits per heavy atom. The van der Waals surface area contributed by atoms with Gasteiger partial charge in [0.2, 0.25) is 0 Å². The summed E-state index contributed by atoms with van der Waals surface area (Å²) in [6, 6.07) is 7.57. The largest absolute Gasteiger partial charge is 0.389 e. The Morgan fingerprint density at radius 3 is 2.24 bits per heavy atom. The third-order valence-corrected chi connectivity index (χ3v) is 3.59. The number of nitrogens with zero attached hydrogens (tertiary/aromatic N) is 1. The normalized spacial score (nSPS) is 15.1. The minimum atomic E-state index is 0.0733. The molecule has 1 amide bonds. The summed E-state index contributed by atoms with van der Waals surface area (Å²) in [7, 11) is 1.87. The van der Waals surface area contributed by atoms with Crippen molar-refractivity contribution in [2.75, 3.05) is 7.05 Å². The molecule has 2 N–H and O–H groups in total. The first kappa shape index (κ1) is 12.0. The summed E-state index contributed by atoms with van der Waals surface area (Å²) in [4.78, 5) is 14.3. The zero-order chi connectivity index (χ0) is 12.4. The van der Waals surface area contributed by atoms with Crippen LogP contribution in [0.3, 0.4) is 0 Å². The lowest BCUT2D eigenvalue weighted by Crippen LogP contribution is -2.41. The number of rotatable bonds is 3. The number of carbonyl (C=O) groups excluding carboxylic acids is 1. The first-order valence-corrected chi connectivity index (χ1v) is 6.17. The van der Waals surface area contributed by atoms with E-state index in [1.807, 2.05) is 11.9 Å². The molecule has 2 rings (SSSR count). The van der Waals surface area contributed by atoms with Crippen molar-refractivity contribution in [1.82, 2.24) is 4.90 Å². The molecule has 3 nitrogen and oxygen atoms in total. The van der Waals surface area contributed by atoms with Crippen LogP contribution in [-0.4, -0.2) is 28.9 Å². The molecule has 90 valence electrons. The molecule has 1 saturated carbocycles. The van der Waals surface area contributed by atoms with Gasteiger partial charge in [0.05, 0.1) is 0 Å². The molecule has 0 aromatic heterocycles. The fourth-order valence-electron chi connectivity index (χ4n) is 1.92. The van der Waals surface area contributed by atoms with Crippen molar-refractivity contribution < 1.29 is 4.79 Å². The molecule has 0 heterocycles. The number of nitrogens with two attached hydrogens (primary N) is 1. The molecule has 1 aromatic carbocycles. The summed E-state index contributed by atoms with van der Waals surface area (Å²) in [6.45, 7) is 0. The molecule has 0 spiro atoms. The highest BCUT2D eigenvalue weighted by Crippen LogP contribution is 2.24. The zero-order valence-electron chi connectivity index (χ0n) is 9.85. The molecule has 1 aliphatic carbocycles. The van der Waals surface area contributed by atoms with E-state index in [1.54, 1.807) is 24.3 Å². The first-order chi connectivity index (χ1) is 8.09. The second kappa shape index (κ2) is 4.84. The van der Waals surface area contributed by atoms with E-state index in [1.165, 1.54) is 6.42 Å². The van der Waals surface area contributed by atoms with E-state index in [2.05, 4.69) is 0 Å². The zero-order valence-corrected chi connectivity index (χ0v) is 10.7. The molecule has 0 unspecified atom stereocenters. The van der Waals surface area contributed by atoms with E-state index >= 15 is 0 Å². The second-order valence-electron chi connectivity index (χ2n) is 4.44. The van der Waals surface area contributed by atoms with Gasteiger partial charge in [-0.1, -0.05) is 24.4 Å². The number of benzene rings is 1. The second-order valence-corrected chi connectivity index (χ2v) is 4.88. The van der Waals surface area contributed by atoms with Gasteiger partial charge in [0, 0.05) is 24.2 Å². The van der Waals surface area contributed by atoms with E-state index in [9.17, 15) is 4.79 Å². The quantitative estimate of drug-likeness (QED) is 0.832. The SMILES string of the molecule is CN(C(=O)c1ccc(C(N)=S)cc1)C1CCC1. The van der Waals surface area contributed by atoms with Gasteiger partial charge in [0.15, 0.2) is 0 Å². The number of hydrogen-bond donors (Lipinski definition) is 1. The molecule has 0 saturated heterocycles. The Bertz CT molecular complexity index is 437. The smallest absolute Gasteiger partial charge is 0.253 e. The van der Waals surface area contributed by atoms with E-state index in [0.29, 0.717) is 16.6 Å². The standard InChI is InChI=1S/C13H16N2OS/c1-15(11-3-2-4-11)13(16)10-7-5-9(6-8-10)12(14)17/h5-8,11H,2-4H2,1H3,(H2,14,17). The number of thiocarbonyl (C=S) groups is 1. The topological polar surface area (TPSA) is 46.3 Å². The van der Waals surface area contributed by atoms with Crippen molar-refractivity contribution in [2.45, 2.75) is 25.3 Å². The Kier molecular flexibility index (Phi) is 3.43. The monoisotopic (exact) mass is 248 g/mol. The maximum absolute atomic E-state index is 12.1. The maximum Gasteiger partial charge on any atom is 0.253 e. The highest BCUT2D eigenvalue weighted by atomic mass is 32.1. The van der Waals surface area contributed by atoms with Gasteiger partial charge in [-0.15, -0.1) is 0 Å². The summed E-state index contributed by atoms with van der Waals surface area (Å²) in [5.41, 5.74) is 7.00. The van der Waals surface area contributed by atoms with Gasteiger partial charge in [-0.3, -0.25) is 4.79 Å². The van der Waals surface area contributed by atoms with E-state index in [-0.39, 0.29) is 5.91 Å². The van der Waals surface area contributed by atoms with Crippen molar-refractivity contribution in [1.29, 1.82) is 0 Å². The summed E-state index contributed by atoms with van der Waals surface area (Å²) in [5.74, 6) is 0.0733. The Morgan fingerprint density at radius 1 is 1.29 bits per heavy atom. The molecule has 4 heteroatoms. The Balaban J connectivity index is 2.10. The third-order valence-electron chi connectivity index (χ3n) is 3.36. The molecular weight excluding hydrogens is 232 g/mol. The molecule has 0 radical (unpaired) electrons. The van der Waals surface area contributed by atoms with E-state index < -0.39 is 0 Å². The van der Waals surface area contributed by atoms with Crippen LogP contribution in [0.15, 0.2) is 24.3 Å².